The monoisotopic (exact) mass is 324 g/mol. The van der Waals surface area contributed by atoms with Crippen molar-refractivity contribution in [3.05, 3.63) is 71.8 Å². The number of rotatable bonds is 4. The SMILES string of the molecule is C/C(=C(/O[Si](C)(C)C(C)(C)C)c1ccccc1)c1ccccc1. The summed E-state index contributed by atoms with van der Waals surface area (Å²) in [5.41, 5.74) is 3.56. The molecule has 1 nitrogen and oxygen atoms in total. The number of allylic oxidation sites excluding steroid dienone is 1. The molecule has 2 heteroatoms. The Kier molecular flexibility index (Phi) is 5.15. The Morgan fingerprint density at radius 1 is 0.783 bits per heavy atom. The van der Waals surface area contributed by atoms with Crippen LogP contribution in [0.2, 0.25) is 18.1 Å². The van der Waals surface area contributed by atoms with Crippen molar-refractivity contribution in [3.8, 4) is 0 Å². The smallest absolute Gasteiger partial charge is 0.250 e. The van der Waals surface area contributed by atoms with Crippen molar-refractivity contribution < 1.29 is 4.43 Å². The van der Waals surface area contributed by atoms with E-state index in [2.05, 4.69) is 89.3 Å². The first-order valence-electron chi connectivity index (χ1n) is 8.23. The van der Waals surface area contributed by atoms with E-state index < -0.39 is 8.32 Å². The van der Waals surface area contributed by atoms with Crippen molar-refractivity contribution in [3.63, 3.8) is 0 Å². The topological polar surface area (TPSA) is 9.23 Å². The van der Waals surface area contributed by atoms with Gasteiger partial charge in [-0.3, -0.25) is 0 Å². The zero-order valence-corrected chi connectivity index (χ0v) is 16.2. The quantitative estimate of drug-likeness (QED) is 0.350. The molecule has 0 radical (unpaired) electrons. The van der Waals surface area contributed by atoms with Gasteiger partial charge in [0.05, 0.1) is 0 Å². The lowest BCUT2D eigenvalue weighted by molar-refractivity contribution is 0.459. The Hall–Kier alpha value is -1.80. The molecule has 2 aromatic rings. The molecule has 0 aliphatic carbocycles. The summed E-state index contributed by atoms with van der Waals surface area (Å²) < 4.78 is 6.72. The molecule has 0 aromatic heterocycles. The molecule has 0 spiro atoms. The van der Waals surface area contributed by atoms with Gasteiger partial charge in [-0.05, 0) is 36.2 Å². The van der Waals surface area contributed by atoms with Crippen LogP contribution in [0.3, 0.4) is 0 Å². The number of hydrogen-bond donors (Lipinski definition) is 0. The molecule has 0 heterocycles. The largest absolute Gasteiger partial charge is 0.543 e. The highest BCUT2D eigenvalue weighted by Crippen LogP contribution is 2.41. The Balaban J connectivity index is 2.54. The summed E-state index contributed by atoms with van der Waals surface area (Å²) >= 11 is 0. The molecule has 2 rings (SSSR count). The number of benzene rings is 2. The third-order valence-electron chi connectivity index (χ3n) is 4.75. The van der Waals surface area contributed by atoms with E-state index in [9.17, 15) is 0 Å². The van der Waals surface area contributed by atoms with Gasteiger partial charge in [0.15, 0.2) is 0 Å². The van der Waals surface area contributed by atoms with Gasteiger partial charge in [0.2, 0.25) is 0 Å². The molecule has 0 saturated heterocycles. The maximum atomic E-state index is 6.72. The van der Waals surface area contributed by atoms with Crippen LogP contribution >= 0.6 is 0 Å². The summed E-state index contributed by atoms with van der Waals surface area (Å²) in [4.78, 5) is 0. The van der Waals surface area contributed by atoms with Crippen LogP contribution in [0, 0.1) is 0 Å². The van der Waals surface area contributed by atoms with E-state index in [-0.39, 0.29) is 5.04 Å². The van der Waals surface area contributed by atoms with Crippen LogP contribution in [0.1, 0.15) is 38.8 Å². The zero-order chi connectivity index (χ0) is 17.1. The summed E-state index contributed by atoms with van der Waals surface area (Å²) in [6.07, 6.45) is 0. The van der Waals surface area contributed by atoms with Crippen molar-refractivity contribution in [1.29, 1.82) is 0 Å². The minimum absolute atomic E-state index is 0.171. The van der Waals surface area contributed by atoms with Crippen LogP contribution in [-0.2, 0) is 4.43 Å². The standard InChI is InChI=1S/C21H28OSi/c1-17(18-13-9-7-10-14-18)20(19-15-11-8-12-16-19)22-23(5,6)21(2,3)4/h7-16H,1-6H3/b20-17-. The second kappa shape index (κ2) is 6.75. The van der Waals surface area contributed by atoms with Gasteiger partial charge in [0, 0.05) is 5.56 Å². The third kappa shape index (κ3) is 4.14. The van der Waals surface area contributed by atoms with Gasteiger partial charge in [-0.15, -0.1) is 0 Å². The molecule has 0 saturated carbocycles. The second-order valence-electron chi connectivity index (χ2n) is 7.55. The van der Waals surface area contributed by atoms with Crippen molar-refractivity contribution in [1.82, 2.24) is 0 Å². The van der Waals surface area contributed by atoms with Gasteiger partial charge < -0.3 is 4.43 Å². The van der Waals surface area contributed by atoms with Gasteiger partial charge in [0.25, 0.3) is 8.32 Å². The van der Waals surface area contributed by atoms with E-state index in [4.69, 9.17) is 4.43 Å². The predicted molar refractivity (Wildman–Crippen MR) is 104 cm³/mol. The molecular formula is C21H28OSi. The fourth-order valence-electron chi connectivity index (χ4n) is 2.17. The van der Waals surface area contributed by atoms with E-state index in [0.29, 0.717) is 0 Å². The summed E-state index contributed by atoms with van der Waals surface area (Å²) in [6.45, 7) is 13.6. The number of hydrogen-bond acceptors (Lipinski definition) is 1. The Bertz CT molecular complexity index is 664. The minimum atomic E-state index is -1.90. The van der Waals surface area contributed by atoms with Crippen molar-refractivity contribution in [2.24, 2.45) is 0 Å². The van der Waals surface area contributed by atoms with E-state index in [1.165, 1.54) is 11.1 Å². The fourth-order valence-corrected chi connectivity index (χ4v) is 3.26. The molecule has 0 aliphatic rings. The Labute approximate surface area is 142 Å². The summed E-state index contributed by atoms with van der Waals surface area (Å²) in [7, 11) is -1.90. The molecule has 0 amide bonds. The predicted octanol–water partition coefficient (Wildman–Crippen LogP) is 6.60. The average molecular weight is 325 g/mol. The highest BCUT2D eigenvalue weighted by atomic mass is 28.4. The highest BCUT2D eigenvalue weighted by molar-refractivity contribution is 6.74. The lowest BCUT2D eigenvalue weighted by atomic mass is 10.0. The third-order valence-corrected chi connectivity index (χ3v) is 9.07. The summed E-state index contributed by atoms with van der Waals surface area (Å²) in [5, 5.41) is 0.171. The molecule has 0 aliphatic heterocycles. The molecule has 23 heavy (non-hydrogen) atoms. The fraction of sp³-hybridized carbons (Fsp3) is 0.333. The van der Waals surface area contributed by atoms with Crippen LogP contribution < -0.4 is 0 Å². The Morgan fingerprint density at radius 2 is 1.22 bits per heavy atom. The van der Waals surface area contributed by atoms with Crippen molar-refractivity contribution in [2.45, 2.75) is 45.8 Å². The maximum Gasteiger partial charge on any atom is 0.250 e. The second-order valence-corrected chi connectivity index (χ2v) is 12.3. The van der Waals surface area contributed by atoms with Gasteiger partial charge in [-0.1, -0.05) is 81.4 Å². The molecule has 0 bridgehead atoms. The maximum absolute atomic E-state index is 6.72. The van der Waals surface area contributed by atoms with Gasteiger partial charge in [0.1, 0.15) is 5.76 Å². The molecule has 0 N–H and O–H groups in total. The molecule has 0 unspecified atom stereocenters. The van der Waals surface area contributed by atoms with Gasteiger partial charge >= 0.3 is 0 Å². The van der Waals surface area contributed by atoms with Crippen molar-refractivity contribution in [2.75, 3.05) is 0 Å². The van der Waals surface area contributed by atoms with Gasteiger partial charge in [-0.25, -0.2) is 0 Å². The van der Waals surface area contributed by atoms with E-state index >= 15 is 0 Å². The molecule has 0 fully saturated rings. The summed E-state index contributed by atoms with van der Waals surface area (Å²) in [5.74, 6) is 1.02. The first-order valence-corrected chi connectivity index (χ1v) is 11.1. The van der Waals surface area contributed by atoms with Crippen LogP contribution in [0.5, 0.6) is 0 Å². The van der Waals surface area contributed by atoms with E-state index in [1.807, 2.05) is 12.1 Å². The molecule has 0 atom stereocenters. The van der Waals surface area contributed by atoms with Crippen LogP contribution in [-0.4, -0.2) is 8.32 Å². The minimum Gasteiger partial charge on any atom is -0.543 e. The normalized spacial score (nSPS) is 13.5. The lowest BCUT2D eigenvalue weighted by Gasteiger charge is -2.38. The van der Waals surface area contributed by atoms with Crippen LogP contribution in [0.25, 0.3) is 11.3 Å². The first-order chi connectivity index (χ1) is 10.7. The molecular weight excluding hydrogens is 296 g/mol. The average Bonchev–Trinajstić information content (AvgIpc) is 2.52. The Morgan fingerprint density at radius 3 is 1.65 bits per heavy atom. The van der Waals surface area contributed by atoms with E-state index in [1.54, 1.807) is 0 Å². The van der Waals surface area contributed by atoms with Crippen molar-refractivity contribution >= 4 is 19.6 Å². The summed E-state index contributed by atoms with van der Waals surface area (Å²) in [6, 6.07) is 21.0. The molecule has 122 valence electrons. The van der Waals surface area contributed by atoms with Crippen LogP contribution in [0.4, 0.5) is 0 Å². The van der Waals surface area contributed by atoms with Gasteiger partial charge in [-0.2, -0.15) is 0 Å². The first kappa shape index (κ1) is 17.5. The highest BCUT2D eigenvalue weighted by Gasteiger charge is 2.39. The van der Waals surface area contributed by atoms with E-state index in [0.717, 1.165) is 11.3 Å². The van der Waals surface area contributed by atoms with Crippen LogP contribution in [0.15, 0.2) is 60.7 Å². The lowest BCUT2D eigenvalue weighted by Crippen LogP contribution is -2.40. The zero-order valence-electron chi connectivity index (χ0n) is 15.2. The molecule has 2 aromatic carbocycles.